The highest BCUT2D eigenvalue weighted by Crippen LogP contribution is 2.40. The molecule has 0 spiro atoms. The molecular weight excluding hydrogens is 240 g/mol. The minimum Gasteiger partial charge on any atom is -0.338 e. The van der Waals surface area contributed by atoms with Crippen LogP contribution in [0.15, 0.2) is 24.5 Å². The van der Waals surface area contributed by atoms with Gasteiger partial charge in [-0.3, -0.25) is 14.6 Å². The first-order valence-corrected chi connectivity index (χ1v) is 6.52. The van der Waals surface area contributed by atoms with Crippen LogP contribution in [0, 0.1) is 11.3 Å². The summed E-state index contributed by atoms with van der Waals surface area (Å²) < 4.78 is 0. The van der Waals surface area contributed by atoms with Crippen LogP contribution in [-0.2, 0) is 9.59 Å². The van der Waals surface area contributed by atoms with Crippen molar-refractivity contribution in [1.29, 1.82) is 0 Å². The Kier molecular flexibility index (Phi) is 3.43. The van der Waals surface area contributed by atoms with Crippen LogP contribution in [0.4, 0.5) is 0 Å². The van der Waals surface area contributed by atoms with E-state index in [1.54, 1.807) is 24.3 Å². The predicted molar refractivity (Wildman–Crippen MR) is 72.3 cm³/mol. The summed E-state index contributed by atoms with van der Waals surface area (Å²) in [6, 6.07) is 3.58. The summed E-state index contributed by atoms with van der Waals surface area (Å²) in [7, 11) is 1.76. The molecule has 1 aromatic heterocycles. The maximum Gasteiger partial charge on any atom is 0.223 e. The van der Waals surface area contributed by atoms with Gasteiger partial charge < -0.3 is 4.90 Å². The summed E-state index contributed by atoms with van der Waals surface area (Å²) in [5.74, 6) is -0.114. The molecule has 0 radical (unpaired) electrons. The second-order valence-corrected chi connectivity index (χ2v) is 6.16. The van der Waals surface area contributed by atoms with Crippen molar-refractivity contribution in [3.8, 4) is 0 Å². The number of carbonyl (C=O) groups excluding carboxylic acids is 2. The fourth-order valence-electron chi connectivity index (χ4n) is 2.67. The molecule has 1 saturated heterocycles. The minimum absolute atomic E-state index is 0.0245. The van der Waals surface area contributed by atoms with Crippen molar-refractivity contribution in [3.05, 3.63) is 30.1 Å². The molecular formula is C15H20N2O2. The van der Waals surface area contributed by atoms with Gasteiger partial charge in [-0.15, -0.1) is 0 Å². The van der Waals surface area contributed by atoms with E-state index < -0.39 is 5.41 Å². The summed E-state index contributed by atoms with van der Waals surface area (Å²) in [5.41, 5.74) is 0.495. The number of rotatable bonds is 2. The Hall–Kier alpha value is -1.71. The molecule has 102 valence electrons. The number of ketones is 1. The molecule has 0 unspecified atom stereocenters. The Balaban J connectivity index is 2.38. The Morgan fingerprint density at radius 2 is 2.11 bits per heavy atom. The van der Waals surface area contributed by atoms with Gasteiger partial charge in [0.05, 0.1) is 12.0 Å². The summed E-state index contributed by atoms with van der Waals surface area (Å²) >= 11 is 0. The second kappa shape index (κ2) is 4.76. The quantitative estimate of drug-likeness (QED) is 0.819. The van der Waals surface area contributed by atoms with Crippen LogP contribution in [0.3, 0.4) is 0 Å². The maximum atomic E-state index is 12.5. The van der Waals surface area contributed by atoms with Gasteiger partial charge in [0.2, 0.25) is 5.91 Å². The summed E-state index contributed by atoms with van der Waals surface area (Å²) in [4.78, 5) is 30.3. The first-order valence-electron chi connectivity index (χ1n) is 6.52. The smallest absolute Gasteiger partial charge is 0.223 e. The van der Waals surface area contributed by atoms with Crippen molar-refractivity contribution < 1.29 is 9.59 Å². The lowest BCUT2D eigenvalue weighted by Crippen LogP contribution is -2.33. The number of likely N-dealkylation sites (tertiary alicyclic amines) is 1. The summed E-state index contributed by atoms with van der Waals surface area (Å²) in [5, 5.41) is 0. The molecule has 0 aliphatic carbocycles. The molecule has 2 rings (SSSR count). The lowest BCUT2D eigenvalue weighted by Gasteiger charge is -2.28. The molecule has 19 heavy (non-hydrogen) atoms. The van der Waals surface area contributed by atoms with E-state index in [0.29, 0.717) is 6.42 Å². The number of hydrogen-bond acceptors (Lipinski definition) is 3. The van der Waals surface area contributed by atoms with Gasteiger partial charge in [-0.2, -0.15) is 0 Å². The van der Waals surface area contributed by atoms with Crippen LogP contribution in [0.2, 0.25) is 0 Å². The van der Waals surface area contributed by atoms with E-state index in [1.165, 1.54) is 0 Å². The van der Waals surface area contributed by atoms with Gasteiger partial charge in [-0.1, -0.05) is 26.8 Å². The third-order valence-corrected chi connectivity index (χ3v) is 3.69. The normalized spacial score (nSPS) is 23.8. The Labute approximate surface area is 113 Å². The topological polar surface area (TPSA) is 50.3 Å². The van der Waals surface area contributed by atoms with Crippen LogP contribution in [0.5, 0.6) is 0 Å². The first kappa shape index (κ1) is 13.7. The highest BCUT2D eigenvalue weighted by Gasteiger charge is 2.45. The maximum absolute atomic E-state index is 12.5. The largest absolute Gasteiger partial charge is 0.338 e. The molecule has 2 heterocycles. The average Bonchev–Trinajstić information content (AvgIpc) is 2.65. The van der Waals surface area contributed by atoms with Crippen molar-refractivity contribution in [2.75, 3.05) is 7.05 Å². The van der Waals surface area contributed by atoms with Crippen molar-refractivity contribution in [2.24, 2.45) is 11.3 Å². The van der Waals surface area contributed by atoms with Gasteiger partial charge in [-0.25, -0.2) is 0 Å². The molecule has 1 aliphatic rings. The van der Waals surface area contributed by atoms with Crippen LogP contribution in [-0.4, -0.2) is 28.6 Å². The fraction of sp³-hybridized carbons (Fsp3) is 0.533. The minimum atomic E-state index is -0.434. The Morgan fingerprint density at radius 3 is 2.63 bits per heavy atom. The zero-order valence-corrected chi connectivity index (χ0v) is 11.9. The molecule has 0 aromatic carbocycles. The monoisotopic (exact) mass is 260 g/mol. The zero-order chi connectivity index (χ0) is 14.2. The third kappa shape index (κ3) is 2.53. The molecule has 0 saturated carbocycles. The standard InChI is InChI=1S/C15H20N2O2/c1-15(2,3)14(19)11-8-12(18)17(4)13(11)10-6-5-7-16-9-10/h5-7,9,11,13H,8H2,1-4H3/t11-,13+/m0/s1. The number of carbonyl (C=O) groups is 2. The molecule has 0 bridgehead atoms. The van der Waals surface area contributed by atoms with E-state index in [9.17, 15) is 9.59 Å². The number of nitrogens with zero attached hydrogens (tertiary/aromatic N) is 2. The van der Waals surface area contributed by atoms with E-state index in [4.69, 9.17) is 0 Å². The average molecular weight is 260 g/mol. The number of amides is 1. The van der Waals surface area contributed by atoms with Gasteiger partial charge >= 0.3 is 0 Å². The highest BCUT2D eigenvalue weighted by molar-refractivity contribution is 5.93. The van der Waals surface area contributed by atoms with Gasteiger partial charge in [0, 0.05) is 31.3 Å². The summed E-state index contributed by atoms with van der Waals surface area (Å²) in [6.45, 7) is 5.70. The number of pyridine rings is 1. The number of Topliss-reactive ketones (excluding diaryl/α,β-unsaturated/α-hetero) is 1. The van der Waals surface area contributed by atoms with E-state index in [0.717, 1.165) is 5.56 Å². The van der Waals surface area contributed by atoms with E-state index >= 15 is 0 Å². The van der Waals surface area contributed by atoms with Gasteiger partial charge in [0.15, 0.2) is 0 Å². The van der Waals surface area contributed by atoms with Gasteiger partial charge in [0.1, 0.15) is 5.78 Å². The van der Waals surface area contributed by atoms with Gasteiger partial charge in [0.25, 0.3) is 0 Å². The predicted octanol–water partition coefficient (Wildman–Crippen LogP) is 2.22. The highest BCUT2D eigenvalue weighted by atomic mass is 16.2. The van der Waals surface area contributed by atoms with Crippen LogP contribution < -0.4 is 0 Å². The zero-order valence-electron chi connectivity index (χ0n) is 11.9. The Bertz CT molecular complexity index is 491. The summed E-state index contributed by atoms with van der Waals surface area (Å²) in [6.07, 6.45) is 3.73. The SMILES string of the molecule is CN1C(=O)C[C@H](C(=O)C(C)(C)C)[C@H]1c1cccnc1. The lowest BCUT2D eigenvalue weighted by atomic mass is 9.78. The third-order valence-electron chi connectivity index (χ3n) is 3.69. The molecule has 4 heteroatoms. The molecule has 1 aliphatic heterocycles. The molecule has 2 atom stereocenters. The van der Waals surface area contributed by atoms with Crippen molar-refractivity contribution in [3.63, 3.8) is 0 Å². The number of hydrogen-bond donors (Lipinski definition) is 0. The lowest BCUT2D eigenvalue weighted by molar-refractivity contribution is -0.131. The van der Waals surface area contributed by atoms with E-state index in [2.05, 4.69) is 4.98 Å². The Morgan fingerprint density at radius 1 is 1.42 bits per heavy atom. The molecule has 1 fully saturated rings. The molecule has 0 N–H and O–H groups in total. The van der Waals surface area contributed by atoms with Gasteiger partial charge in [-0.05, 0) is 11.6 Å². The second-order valence-electron chi connectivity index (χ2n) is 6.16. The van der Waals surface area contributed by atoms with E-state index in [-0.39, 0.29) is 23.7 Å². The van der Waals surface area contributed by atoms with Crippen molar-refractivity contribution in [2.45, 2.75) is 33.2 Å². The molecule has 1 aromatic rings. The van der Waals surface area contributed by atoms with Crippen LogP contribution in [0.25, 0.3) is 0 Å². The van der Waals surface area contributed by atoms with E-state index in [1.807, 2.05) is 32.9 Å². The van der Waals surface area contributed by atoms with Crippen molar-refractivity contribution in [1.82, 2.24) is 9.88 Å². The fourth-order valence-corrected chi connectivity index (χ4v) is 2.67. The van der Waals surface area contributed by atoms with Crippen molar-refractivity contribution >= 4 is 11.7 Å². The molecule has 4 nitrogen and oxygen atoms in total. The van der Waals surface area contributed by atoms with Crippen LogP contribution >= 0.6 is 0 Å². The number of aromatic nitrogens is 1. The molecule has 1 amide bonds. The van der Waals surface area contributed by atoms with Crippen LogP contribution in [0.1, 0.15) is 38.8 Å². The first-order chi connectivity index (χ1) is 8.82.